The highest BCUT2D eigenvalue weighted by Gasteiger charge is 2.24. The Bertz CT molecular complexity index is 1560. The number of hydrogen-bond acceptors (Lipinski definition) is 10. The molecule has 1 unspecified atom stereocenters. The van der Waals surface area contributed by atoms with Crippen LogP contribution in [0.4, 0.5) is 5.82 Å². The van der Waals surface area contributed by atoms with E-state index in [9.17, 15) is 5.11 Å². The fourth-order valence-electron chi connectivity index (χ4n) is 4.57. The number of methoxy groups -OCH3 is 3. The van der Waals surface area contributed by atoms with Crippen molar-refractivity contribution in [2.45, 2.75) is 39.0 Å². The van der Waals surface area contributed by atoms with Crippen LogP contribution in [0.25, 0.3) is 5.65 Å². The van der Waals surface area contributed by atoms with Gasteiger partial charge in [0, 0.05) is 13.1 Å². The second-order valence-electron chi connectivity index (χ2n) is 9.92. The average molecular weight is 585 g/mol. The van der Waals surface area contributed by atoms with E-state index in [2.05, 4.69) is 26.9 Å². The molecule has 0 aliphatic heterocycles. The van der Waals surface area contributed by atoms with Gasteiger partial charge in [-0.05, 0) is 53.9 Å². The summed E-state index contributed by atoms with van der Waals surface area (Å²) in [5, 5.41) is 16.0. The number of aromatic nitrogens is 5. The molecular formula is C32H36N6O5. The number of nitrogens with zero attached hydrogens (tertiary/aromatic N) is 6. The van der Waals surface area contributed by atoms with Gasteiger partial charge in [0.2, 0.25) is 0 Å². The number of ether oxygens (including phenoxy) is 4. The second kappa shape index (κ2) is 13.8. The summed E-state index contributed by atoms with van der Waals surface area (Å²) in [6, 6.07) is 19.5. The smallest absolute Gasteiger partial charge is 0.336 e. The van der Waals surface area contributed by atoms with Crippen molar-refractivity contribution in [1.29, 1.82) is 0 Å². The predicted molar refractivity (Wildman–Crippen MR) is 162 cm³/mol. The summed E-state index contributed by atoms with van der Waals surface area (Å²) in [7, 11) is 4.86. The van der Waals surface area contributed by atoms with Gasteiger partial charge in [-0.25, -0.2) is 9.50 Å². The number of unbranched alkanes of at least 4 members (excludes halogenated alkanes) is 1. The predicted octanol–water partition coefficient (Wildman–Crippen LogP) is 5.01. The molecular weight excluding hydrogens is 548 g/mol. The van der Waals surface area contributed by atoms with Gasteiger partial charge in [-0.3, -0.25) is 4.98 Å². The van der Waals surface area contributed by atoms with Crippen molar-refractivity contribution >= 4 is 11.5 Å². The summed E-state index contributed by atoms with van der Waals surface area (Å²) >= 11 is 0. The lowest BCUT2D eigenvalue weighted by molar-refractivity contribution is 0.206. The molecule has 0 spiro atoms. The quantitative estimate of drug-likeness (QED) is 0.179. The number of benzene rings is 2. The standard InChI is InChI=1S/C32H36N6O5/c1-5-6-17-43-32-35-31(30-34-19-28(38(30)36-32)29(39)27-16-15-26(42-4)18-33-27)37(20-22-7-11-24(40-2)12-8-22)21-23-9-13-25(41-3)14-10-23/h7-16,18-19,29,39H,5-6,17,20-21H2,1-4H3. The van der Waals surface area contributed by atoms with Crippen molar-refractivity contribution in [3.63, 3.8) is 0 Å². The molecule has 0 radical (unpaired) electrons. The molecule has 0 aliphatic carbocycles. The summed E-state index contributed by atoms with van der Waals surface area (Å²) in [5.41, 5.74) is 3.45. The van der Waals surface area contributed by atoms with Crippen molar-refractivity contribution in [3.8, 4) is 23.3 Å². The van der Waals surface area contributed by atoms with Gasteiger partial charge in [-0.2, -0.15) is 4.98 Å². The van der Waals surface area contributed by atoms with E-state index in [1.54, 1.807) is 50.4 Å². The molecule has 0 aliphatic rings. The van der Waals surface area contributed by atoms with Crippen LogP contribution in [-0.4, -0.2) is 57.6 Å². The highest BCUT2D eigenvalue weighted by atomic mass is 16.5. The Kier molecular flexibility index (Phi) is 9.52. The maximum Gasteiger partial charge on any atom is 0.336 e. The molecule has 11 nitrogen and oxygen atoms in total. The van der Waals surface area contributed by atoms with Crippen LogP contribution in [0.15, 0.2) is 73.1 Å². The molecule has 224 valence electrons. The molecule has 1 N–H and O–H groups in total. The Labute approximate surface area is 250 Å². The van der Waals surface area contributed by atoms with Gasteiger partial charge in [-0.1, -0.05) is 37.6 Å². The number of rotatable bonds is 14. The SMILES string of the molecule is CCCCOc1nc(N(Cc2ccc(OC)cc2)Cc2ccc(OC)cc2)c2ncc(C(O)c3ccc(OC)cn3)n2n1. The fraction of sp³-hybridized carbons (Fsp3) is 0.312. The summed E-state index contributed by atoms with van der Waals surface area (Å²) in [6.45, 7) is 3.59. The van der Waals surface area contributed by atoms with Gasteiger partial charge in [0.15, 0.2) is 11.5 Å². The van der Waals surface area contributed by atoms with E-state index in [1.807, 2.05) is 48.5 Å². The van der Waals surface area contributed by atoms with Crippen LogP contribution in [0.1, 0.15) is 48.4 Å². The summed E-state index contributed by atoms with van der Waals surface area (Å²) < 4.78 is 23.5. The van der Waals surface area contributed by atoms with Gasteiger partial charge < -0.3 is 29.0 Å². The molecule has 3 heterocycles. The molecule has 1 atom stereocenters. The van der Waals surface area contributed by atoms with Gasteiger partial charge >= 0.3 is 6.01 Å². The van der Waals surface area contributed by atoms with Gasteiger partial charge in [-0.15, -0.1) is 5.10 Å². The minimum atomic E-state index is -1.09. The number of anilines is 1. The number of hydrogen-bond donors (Lipinski definition) is 1. The van der Waals surface area contributed by atoms with Gasteiger partial charge in [0.1, 0.15) is 23.4 Å². The Balaban J connectivity index is 1.59. The van der Waals surface area contributed by atoms with E-state index >= 15 is 0 Å². The van der Waals surface area contributed by atoms with Crippen LogP contribution in [0.2, 0.25) is 0 Å². The van der Waals surface area contributed by atoms with Crippen LogP contribution < -0.4 is 23.8 Å². The summed E-state index contributed by atoms with van der Waals surface area (Å²) in [4.78, 5) is 16.0. The lowest BCUT2D eigenvalue weighted by Gasteiger charge is -2.25. The third-order valence-electron chi connectivity index (χ3n) is 7.00. The normalized spacial score (nSPS) is 11.7. The largest absolute Gasteiger partial charge is 0.497 e. The number of aliphatic hydroxyl groups is 1. The summed E-state index contributed by atoms with van der Waals surface area (Å²) in [5.74, 6) is 2.72. The third kappa shape index (κ3) is 6.95. The molecule has 0 saturated carbocycles. The van der Waals surface area contributed by atoms with Crippen LogP contribution >= 0.6 is 0 Å². The zero-order valence-electron chi connectivity index (χ0n) is 24.8. The lowest BCUT2D eigenvalue weighted by Crippen LogP contribution is -2.25. The number of imidazole rings is 1. The van der Waals surface area contributed by atoms with Crippen molar-refractivity contribution in [1.82, 2.24) is 24.6 Å². The first kappa shape index (κ1) is 29.6. The van der Waals surface area contributed by atoms with Crippen LogP contribution in [-0.2, 0) is 13.1 Å². The van der Waals surface area contributed by atoms with Crippen LogP contribution in [0.5, 0.6) is 23.3 Å². The van der Waals surface area contributed by atoms with Crippen LogP contribution in [0, 0.1) is 0 Å². The lowest BCUT2D eigenvalue weighted by atomic mass is 10.1. The van der Waals surface area contributed by atoms with E-state index in [-0.39, 0.29) is 6.01 Å². The zero-order chi connectivity index (χ0) is 30.2. The molecule has 2 aromatic carbocycles. The Morgan fingerprint density at radius 3 is 1.93 bits per heavy atom. The van der Waals surface area contributed by atoms with E-state index < -0.39 is 6.10 Å². The average Bonchev–Trinajstić information content (AvgIpc) is 3.48. The highest BCUT2D eigenvalue weighted by molar-refractivity contribution is 5.65. The minimum Gasteiger partial charge on any atom is -0.497 e. The van der Waals surface area contributed by atoms with Crippen molar-refractivity contribution in [2.24, 2.45) is 0 Å². The topological polar surface area (TPSA) is 116 Å². The molecule has 3 aromatic heterocycles. The van der Waals surface area contributed by atoms with Crippen molar-refractivity contribution < 1.29 is 24.1 Å². The molecule has 0 bridgehead atoms. The van der Waals surface area contributed by atoms with Crippen LogP contribution in [0.3, 0.4) is 0 Å². The second-order valence-corrected chi connectivity index (χ2v) is 9.92. The van der Waals surface area contributed by atoms with E-state index in [1.165, 1.54) is 0 Å². The van der Waals surface area contributed by atoms with Crippen molar-refractivity contribution in [3.05, 3.63) is 95.6 Å². The number of fused-ring (bicyclic) bond motifs is 1. The molecule has 5 aromatic rings. The minimum absolute atomic E-state index is 0.194. The Morgan fingerprint density at radius 2 is 1.40 bits per heavy atom. The fourth-order valence-corrected chi connectivity index (χ4v) is 4.57. The van der Waals surface area contributed by atoms with Gasteiger partial charge in [0.25, 0.3) is 0 Å². The monoisotopic (exact) mass is 584 g/mol. The zero-order valence-corrected chi connectivity index (χ0v) is 24.8. The molecule has 0 amide bonds. The van der Waals surface area contributed by atoms with E-state index in [0.29, 0.717) is 48.3 Å². The molecule has 0 saturated heterocycles. The summed E-state index contributed by atoms with van der Waals surface area (Å²) in [6.07, 6.45) is 3.89. The molecule has 0 fully saturated rings. The van der Waals surface area contributed by atoms with E-state index in [4.69, 9.17) is 23.9 Å². The molecule has 11 heteroatoms. The third-order valence-corrected chi connectivity index (χ3v) is 7.00. The maximum absolute atomic E-state index is 11.3. The molecule has 5 rings (SSSR count). The molecule has 43 heavy (non-hydrogen) atoms. The Morgan fingerprint density at radius 1 is 0.791 bits per heavy atom. The number of pyridine rings is 1. The first-order chi connectivity index (χ1) is 21.0. The van der Waals surface area contributed by atoms with E-state index in [0.717, 1.165) is 35.5 Å². The van der Waals surface area contributed by atoms with Gasteiger partial charge in [0.05, 0.1) is 51.7 Å². The maximum atomic E-state index is 11.3. The first-order valence-corrected chi connectivity index (χ1v) is 14.1. The number of aliphatic hydroxyl groups excluding tert-OH is 1. The highest BCUT2D eigenvalue weighted by Crippen LogP contribution is 2.29. The Hall–Kier alpha value is -4.90. The van der Waals surface area contributed by atoms with Crippen molar-refractivity contribution in [2.75, 3.05) is 32.8 Å². The first-order valence-electron chi connectivity index (χ1n) is 14.1.